The van der Waals surface area contributed by atoms with Gasteiger partial charge in [0.15, 0.2) is 0 Å². The highest BCUT2D eigenvalue weighted by Crippen LogP contribution is 2.57. The molecule has 0 aromatic heterocycles. The largest absolute Gasteiger partial charge is 0.365 e. The third-order valence-corrected chi connectivity index (χ3v) is 25.3. The van der Waals surface area contributed by atoms with E-state index in [1.54, 1.807) is 0 Å². The summed E-state index contributed by atoms with van der Waals surface area (Å²) in [4.78, 5) is 13.7. The molecule has 0 spiro atoms. The summed E-state index contributed by atoms with van der Waals surface area (Å²) in [7, 11) is 0. The van der Waals surface area contributed by atoms with Crippen LogP contribution in [0, 0.1) is 11.8 Å². The van der Waals surface area contributed by atoms with Gasteiger partial charge < -0.3 is 24.5 Å². The molecule has 1 saturated carbocycles. The van der Waals surface area contributed by atoms with Gasteiger partial charge in [-0.25, -0.2) is 0 Å². The first-order valence-corrected chi connectivity index (χ1v) is 40.6. The minimum atomic E-state index is -0.259. The smallest absolute Gasteiger partial charge is 0.252 e. The molecule has 2 fully saturated rings. The average molecular weight is 1440 g/mol. The summed E-state index contributed by atoms with van der Waals surface area (Å²) < 4.78 is 0. The van der Waals surface area contributed by atoms with E-state index in [-0.39, 0.29) is 18.8 Å². The van der Waals surface area contributed by atoms with Gasteiger partial charge in [0, 0.05) is 96.9 Å². The van der Waals surface area contributed by atoms with Gasteiger partial charge in [-0.3, -0.25) is 0 Å². The second-order valence-corrected chi connectivity index (χ2v) is 33.1. The van der Waals surface area contributed by atoms with Crippen LogP contribution in [-0.2, 0) is 5.41 Å². The number of anilines is 13. The molecule has 6 aliphatic rings. The molecule has 4 unspecified atom stereocenters. The summed E-state index contributed by atoms with van der Waals surface area (Å²) in [6, 6.07) is 135. The second-order valence-electron chi connectivity index (χ2n) is 33.1. The van der Waals surface area contributed by atoms with Crippen LogP contribution in [0.4, 0.5) is 73.9 Å². The van der Waals surface area contributed by atoms with Crippen LogP contribution in [0.3, 0.4) is 0 Å². The molecule has 0 radical (unpaired) electrons. The molecule has 0 amide bonds. The molecule has 538 valence electrons. The molecule has 1 saturated heterocycles. The standard InChI is InChI=1S/C105H87B2N5/c1-6-80-57-70-55-69(2)56-83(58-70)108(80)84-65-99-102-100(66-84)112(104-87(75-43-23-11-24-44-75)61-78(72-37-17-8-18-38-72)62-88(104)76-45-25-12-26-46-76)94-54-34-32-52-90(94)107(102)92-67-91-95(68-96(92)110(99)82-49-29-14-30-50-82)109(81-47-27-13-28-48-81)97-63-79(105(3,4)5)64-98-101(97)106(91)89-51-31-33-53-93(89)111(98)103-85(73-39-19-9-20-40-73)59-77(71-35-15-7-16-36-71)60-86(103)74-41-21-10-22-42-74/h7-54,59-70,80,83H,6,55-58H2,1-5H3. The van der Waals surface area contributed by atoms with Crippen LogP contribution in [0.5, 0.6) is 0 Å². The molecule has 0 N–H and O–H groups in total. The Kier molecular flexibility index (Phi) is 16.4. The maximum Gasteiger partial charge on any atom is 0.252 e. The zero-order valence-electron chi connectivity index (χ0n) is 64.2. The van der Waals surface area contributed by atoms with Crippen LogP contribution in [0.15, 0.2) is 352 Å². The van der Waals surface area contributed by atoms with Crippen molar-refractivity contribution in [3.63, 3.8) is 0 Å². The van der Waals surface area contributed by atoms with Crippen molar-refractivity contribution in [1.82, 2.24) is 0 Å². The number of hydrogen-bond acceptors (Lipinski definition) is 5. The highest BCUT2D eigenvalue weighted by molar-refractivity contribution is 7.03. The SMILES string of the molecule is CCC1CC2CC(C)CC(C2)N1c1cc2c3c(c1)N(c1c(-c4ccccc4)cc(-c4ccccc4)cc1-c1ccccc1)c1ccccc1B3c1cc3c(cc1N2c1ccccc1)N(c1ccccc1)c1cc(C(C)(C)C)cc2c1B3c1ccccc1N2c1c(-c2ccccc2)cc(-c2ccccc2)cc1-c1ccccc1. The number of para-hydroxylation sites is 4. The molecule has 5 aliphatic heterocycles. The average Bonchev–Trinajstić information content (AvgIpc) is 0.681. The lowest BCUT2D eigenvalue weighted by molar-refractivity contribution is 0.172. The lowest BCUT2D eigenvalue weighted by Gasteiger charge is -2.52. The molecule has 1 aliphatic carbocycles. The highest BCUT2D eigenvalue weighted by atomic mass is 15.2. The van der Waals surface area contributed by atoms with Gasteiger partial charge in [0.25, 0.3) is 13.4 Å². The van der Waals surface area contributed by atoms with E-state index in [4.69, 9.17) is 0 Å². The fourth-order valence-corrected chi connectivity index (χ4v) is 20.5. The van der Waals surface area contributed by atoms with E-state index in [1.807, 2.05) is 0 Å². The van der Waals surface area contributed by atoms with E-state index in [0.717, 1.165) is 40.5 Å². The maximum absolute atomic E-state index is 2.95. The Labute approximate surface area is 660 Å². The van der Waals surface area contributed by atoms with Gasteiger partial charge in [0.2, 0.25) is 0 Å². The summed E-state index contributed by atoms with van der Waals surface area (Å²) in [5.41, 5.74) is 38.2. The summed E-state index contributed by atoms with van der Waals surface area (Å²) in [6.07, 6.45) is 6.00. The van der Waals surface area contributed by atoms with E-state index >= 15 is 0 Å². The Morgan fingerprint density at radius 3 is 1.04 bits per heavy atom. The highest BCUT2D eigenvalue weighted by Gasteiger charge is 2.51. The Bertz CT molecular complexity index is 5990. The first-order valence-electron chi connectivity index (χ1n) is 40.6. The lowest BCUT2D eigenvalue weighted by atomic mass is 9.30. The van der Waals surface area contributed by atoms with Crippen LogP contribution in [-0.4, -0.2) is 25.5 Å². The molecular weight excluding hydrogens is 1350 g/mol. The van der Waals surface area contributed by atoms with E-state index in [2.05, 4.69) is 411 Å². The second kappa shape index (κ2) is 27.2. The monoisotopic (exact) mass is 1440 g/mol. The summed E-state index contributed by atoms with van der Waals surface area (Å²) >= 11 is 0. The molecule has 15 aromatic rings. The number of fused-ring (bicyclic) bond motifs is 10. The molecule has 15 aromatic carbocycles. The molecule has 21 rings (SSSR count). The van der Waals surface area contributed by atoms with Crippen LogP contribution in [0.25, 0.3) is 66.8 Å². The topological polar surface area (TPSA) is 16.2 Å². The first kappa shape index (κ1) is 67.5. The number of hydrogen-bond donors (Lipinski definition) is 0. The van der Waals surface area contributed by atoms with Crippen molar-refractivity contribution in [2.45, 2.75) is 84.2 Å². The summed E-state index contributed by atoms with van der Waals surface area (Å²) in [5, 5.41) is 0. The van der Waals surface area contributed by atoms with Crippen LogP contribution >= 0.6 is 0 Å². The van der Waals surface area contributed by atoms with E-state index in [9.17, 15) is 0 Å². The Morgan fingerprint density at radius 1 is 0.295 bits per heavy atom. The number of piperidine rings is 1. The number of benzene rings is 15. The van der Waals surface area contributed by atoms with Crippen LogP contribution in [0.2, 0.25) is 0 Å². The Hall–Kier alpha value is -12.6. The fraction of sp³-hybridized carbons (Fsp3) is 0.143. The number of rotatable bonds is 12. The molecular formula is C105H87B2N5. The van der Waals surface area contributed by atoms with Gasteiger partial charge in [0.1, 0.15) is 0 Å². The Balaban J connectivity index is 0.876. The predicted octanol–water partition coefficient (Wildman–Crippen LogP) is 23.9. The van der Waals surface area contributed by atoms with Gasteiger partial charge >= 0.3 is 0 Å². The van der Waals surface area contributed by atoms with Crippen molar-refractivity contribution in [2.24, 2.45) is 11.8 Å². The van der Waals surface area contributed by atoms with Gasteiger partial charge in [0.05, 0.1) is 11.4 Å². The quantitative estimate of drug-likeness (QED) is 0.113. The van der Waals surface area contributed by atoms with Gasteiger partial charge in [-0.1, -0.05) is 295 Å². The maximum atomic E-state index is 2.95. The minimum Gasteiger partial charge on any atom is -0.365 e. The first-order chi connectivity index (χ1) is 55.1. The van der Waals surface area contributed by atoms with E-state index < -0.39 is 0 Å². The zero-order valence-corrected chi connectivity index (χ0v) is 64.2. The van der Waals surface area contributed by atoms with Crippen molar-refractivity contribution in [3.8, 4) is 66.8 Å². The minimum absolute atomic E-state index is 0.198. The third-order valence-electron chi connectivity index (χ3n) is 25.3. The van der Waals surface area contributed by atoms with Crippen LogP contribution in [0.1, 0.15) is 72.3 Å². The summed E-state index contributed by atoms with van der Waals surface area (Å²) in [6.45, 7) is 11.8. The van der Waals surface area contributed by atoms with Crippen molar-refractivity contribution < 1.29 is 0 Å². The number of nitrogens with zero attached hydrogens (tertiary/aromatic N) is 5. The summed E-state index contributed by atoms with van der Waals surface area (Å²) in [5.74, 6) is 1.37. The van der Waals surface area contributed by atoms with E-state index in [1.165, 1.54) is 177 Å². The van der Waals surface area contributed by atoms with Crippen molar-refractivity contribution in [1.29, 1.82) is 0 Å². The molecule has 5 heterocycles. The van der Waals surface area contributed by atoms with Gasteiger partial charge in [-0.15, -0.1) is 0 Å². The fourth-order valence-electron chi connectivity index (χ4n) is 20.5. The molecule has 5 nitrogen and oxygen atoms in total. The van der Waals surface area contributed by atoms with Gasteiger partial charge in [-0.2, -0.15) is 0 Å². The van der Waals surface area contributed by atoms with Gasteiger partial charge in [-0.05, 0) is 223 Å². The molecule has 7 heteroatoms. The van der Waals surface area contributed by atoms with E-state index in [0.29, 0.717) is 18.0 Å². The third kappa shape index (κ3) is 11.1. The lowest BCUT2D eigenvalue weighted by Crippen LogP contribution is -2.65. The predicted molar refractivity (Wildman–Crippen MR) is 477 cm³/mol. The van der Waals surface area contributed by atoms with Crippen LogP contribution < -0.4 is 57.3 Å². The molecule has 2 bridgehead atoms. The molecule has 112 heavy (non-hydrogen) atoms. The molecule has 4 atom stereocenters. The Morgan fingerprint density at radius 2 is 0.643 bits per heavy atom. The van der Waals surface area contributed by atoms with Crippen molar-refractivity contribution in [3.05, 3.63) is 357 Å². The normalized spacial score (nSPS) is 16.9. The zero-order chi connectivity index (χ0) is 74.9. The van der Waals surface area contributed by atoms with Crippen molar-refractivity contribution >= 4 is 120 Å². The van der Waals surface area contributed by atoms with Crippen molar-refractivity contribution in [2.75, 3.05) is 24.5 Å².